The van der Waals surface area contributed by atoms with Gasteiger partial charge in [-0.25, -0.2) is 0 Å². The Hall–Kier alpha value is -2.02. The lowest BCUT2D eigenvalue weighted by molar-refractivity contribution is -0.126. The Bertz CT molecular complexity index is 823. The summed E-state index contributed by atoms with van der Waals surface area (Å²) >= 11 is 0. The smallest absolute Gasteiger partial charge is 0.237 e. The van der Waals surface area contributed by atoms with Crippen molar-refractivity contribution in [3.63, 3.8) is 0 Å². The van der Waals surface area contributed by atoms with Gasteiger partial charge in [0.2, 0.25) is 5.91 Å². The summed E-state index contributed by atoms with van der Waals surface area (Å²) in [5.74, 6) is 1.59. The van der Waals surface area contributed by atoms with E-state index in [1.807, 2.05) is 4.52 Å². The topological polar surface area (TPSA) is 75.4 Å². The summed E-state index contributed by atoms with van der Waals surface area (Å²) in [6, 6.07) is 2.21. The minimum atomic E-state index is 0.0509. The van der Waals surface area contributed by atoms with Crippen LogP contribution in [0.25, 0.3) is 5.65 Å². The zero-order valence-corrected chi connectivity index (χ0v) is 15.2. The highest BCUT2D eigenvalue weighted by atomic mass is 16.2. The predicted octanol–water partition coefficient (Wildman–Crippen LogP) is 1.46. The van der Waals surface area contributed by atoms with Crippen molar-refractivity contribution in [2.45, 2.75) is 63.3 Å². The molecule has 3 aliphatic rings. The second-order valence-electron chi connectivity index (χ2n) is 7.91. The molecule has 4 heterocycles. The third-order valence-electron chi connectivity index (χ3n) is 6.29. The minimum absolute atomic E-state index is 0.0509. The van der Waals surface area contributed by atoms with Gasteiger partial charge in [-0.3, -0.25) is 9.69 Å². The van der Waals surface area contributed by atoms with Crippen molar-refractivity contribution in [3.8, 4) is 0 Å². The molecular weight excluding hydrogens is 328 g/mol. The molecule has 0 aromatic carbocycles. The van der Waals surface area contributed by atoms with Gasteiger partial charge in [0.15, 0.2) is 11.5 Å². The van der Waals surface area contributed by atoms with Gasteiger partial charge < -0.3 is 5.32 Å². The van der Waals surface area contributed by atoms with Crippen LogP contribution in [0.15, 0.2) is 6.07 Å². The second kappa shape index (κ2) is 6.61. The molecule has 26 heavy (non-hydrogen) atoms. The maximum Gasteiger partial charge on any atom is 0.237 e. The number of amides is 1. The number of aromatic nitrogens is 4. The van der Waals surface area contributed by atoms with E-state index in [-0.39, 0.29) is 11.9 Å². The standard InChI is InChI=1S/C19H26N6O/c26-19-16(6-1-2-9-20-19)24-10-7-13(8-11-24)18-22-21-17-12-14-4-3-5-15(14)23-25(17)18/h12-13,16H,1-11H2,(H,20,26). The van der Waals surface area contributed by atoms with Crippen LogP contribution in [-0.4, -0.2) is 56.3 Å². The van der Waals surface area contributed by atoms with Crippen LogP contribution in [0.4, 0.5) is 0 Å². The molecule has 2 aromatic heterocycles. The van der Waals surface area contributed by atoms with Crippen LogP contribution >= 0.6 is 0 Å². The summed E-state index contributed by atoms with van der Waals surface area (Å²) in [5.41, 5.74) is 3.43. The molecule has 2 aliphatic heterocycles. The number of piperidine rings is 1. The van der Waals surface area contributed by atoms with Gasteiger partial charge in [0, 0.05) is 12.5 Å². The maximum atomic E-state index is 12.3. The van der Waals surface area contributed by atoms with Crippen molar-refractivity contribution in [2.75, 3.05) is 19.6 Å². The van der Waals surface area contributed by atoms with Crippen molar-refractivity contribution in [2.24, 2.45) is 0 Å². The van der Waals surface area contributed by atoms with Gasteiger partial charge >= 0.3 is 0 Å². The molecule has 7 nitrogen and oxygen atoms in total. The van der Waals surface area contributed by atoms with Gasteiger partial charge in [0.25, 0.3) is 0 Å². The first-order valence-corrected chi connectivity index (χ1v) is 10.1. The number of nitrogens with one attached hydrogen (secondary N) is 1. The number of carbonyl (C=O) groups excluding carboxylic acids is 1. The molecule has 138 valence electrons. The molecule has 7 heteroatoms. The fourth-order valence-electron chi connectivity index (χ4n) is 4.79. The highest BCUT2D eigenvalue weighted by molar-refractivity contribution is 5.81. The summed E-state index contributed by atoms with van der Waals surface area (Å²) in [7, 11) is 0. The Morgan fingerprint density at radius 2 is 1.92 bits per heavy atom. The van der Waals surface area contributed by atoms with E-state index < -0.39 is 0 Å². The molecule has 2 fully saturated rings. The lowest BCUT2D eigenvalue weighted by atomic mass is 9.94. The van der Waals surface area contributed by atoms with E-state index in [1.165, 1.54) is 17.7 Å². The SMILES string of the molecule is O=C1NCCCCC1N1CCC(c2nnc3cc4c(nn23)CCC4)CC1. The van der Waals surface area contributed by atoms with E-state index in [1.54, 1.807) is 0 Å². The molecular formula is C19H26N6O. The zero-order chi connectivity index (χ0) is 17.5. The normalized spacial score (nSPS) is 25.2. The van der Waals surface area contributed by atoms with Gasteiger partial charge in [0.05, 0.1) is 11.7 Å². The highest BCUT2D eigenvalue weighted by Crippen LogP contribution is 2.30. The van der Waals surface area contributed by atoms with Crippen LogP contribution in [-0.2, 0) is 17.6 Å². The highest BCUT2D eigenvalue weighted by Gasteiger charge is 2.32. The van der Waals surface area contributed by atoms with E-state index in [2.05, 4.69) is 26.5 Å². The molecule has 0 radical (unpaired) electrons. The summed E-state index contributed by atoms with van der Waals surface area (Å²) in [6.07, 6.45) is 8.62. The number of nitrogens with zero attached hydrogens (tertiary/aromatic N) is 5. The molecule has 1 N–H and O–H groups in total. The van der Waals surface area contributed by atoms with Crippen molar-refractivity contribution in [1.29, 1.82) is 0 Å². The number of hydrogen-bond donors (Lipinski definition) is 1. The molecule has 1 amide bonds. The largest absolute Gasteiger partial charge is 0.355 e. The van der Waals surface area contributed by atoms with E-state index in [9.17, 15) is 4.79 Å². The number of likely N-dealkylation sites (tertiary alicyclic amines) is 1. The van der Waals surface area contributed by atoms with Crippen molar-refractivity contribution in [1.82, 2.24) is 30.0 Å². The first kappa shape index (κ1) is 16.2. The number of rotatable bonds is 2. The summed E-state index contributed by atoms with van der Waals surface area (Å²) < 4.78 is 1.98. The summed E-state index contributed by atoms with van der Waals surface area (Å²) in [5, 5.41) is 16.8. The van der Waals surface area contributed by atoms with Crippen molar-refractivity contribution < 1.29 is 4.79 Å². The number of aryl methyl sites for hydroxylation is 2. The van der Waals surface area contributed by atoms with Crippen LogP contribution in [0.1, 0.15) is 61.5 Å². The summed E-state index contributed by atoms with van der Waals surface area (Å²) in [4.78, 5) is 14.7. The van der Waals surface area contributed by atoms with E-state index in [0.717, 1.165) is 76.1 Å². The first-order chi connectivity index (χ1) is 12.8. The van der Waals surface area contributed by atoms with Crippen LogP contribution in [0.5, 0.6) is 0 Å². The Labute approximate surface area is 153 Å². The predicted molar refractivity (Wildman–Crippen MR) is 97.0 cm³/mol. The van der Waals surface area contributed by atoms with Crippen LogP contribution < -0.4 is 5.32 Å². The summed E-state index contributed by atoms with van der Waals surface area (Å²) in [6.45, 7) is 2.72. The second-order valence-corrected chi connectivity index (χ2v) is 7.91. The van der Waals surface area contributed by atoms with E-state index >= 15 is 0 Å². The van der Waals surface area contributed by atoms with Crippen LogP contribution in [0, 0.1) is 0 Å². The van der Waals surface area contributed by atoms with Gasteiger partial charge in [-0.05, 0) is 76.1 Å². The van der Waals surface area contributed by atoms with Gasteiger partial charge in [-0.15, -0.1) is 10.2 Å². The van der Waals surface area contributed by atoms with Gasteiger partial charge in [-0.1, -0.05) is 0 Å². The fourth-order valence-corrected chi connectivity index (χ4v) is 4.79. The average molecular weight is 354 g/mol. The molecule has 2 saturated heterocycles. The molecule has 1 atom stereocenters. The van der Waals surface area contributed by atoms with Crippen molar-refractivity contribution >= 4 is 11.6 Å². The number of hydrogen-bond acceptors (Lipinski definition) is 5. The molecule has 1 unspecified atom stereocenters. The molecule has 1 aliphatic carbocycles. The number of carbonyl (C=O) groups is 1. The fraction of sp³-hybridized carbons (Fsp3) is 0.684. The molecule has 0 spiro atoms. The molecule has 5 rings (SSSR count). The van der Waals surface area contributed by atoms with E-state index in [0.29, 0.717) is 5.92 Å². The average Bonchev–Trinajstić information content (AvgIpc) is 3.23. The third-order valence-corrected chi connectivity index (χ3v) is 6.29. The minimum Gasteiger partial charge on any atom is -0.355 e. The lowest BCUT2D eigenvalue weighted by Crippen LogP contribution is -2.48. The molecule has 0 saturated carbocycles. The quantitative estimate of drug-likeness (QED) is 0.884. The molecule has 2 aromatic rings. The van der Waals surface area contributed by atoms with Crippen LogP contribution in [0.3, 0.4) is 0 Å². The number of fused-ring (bicyclic) bond motifs is 2. The van der Waals surface area contributed by atoms with Crippen molar-refractivity contribution in [3.05, 3.63) is 23.1 Å². The van der Waals surface area contributed by atoms with Crippen LogP contribution in [0.2, 0.25) is 0 Å². The maximum absolute atomic E-state index is 12.3. The lowest BCUT2D eigenvalue weighted by Gasteiger charge is -2.35. The Balaban J connectivity index is 1.32. The molecule has 0 bridgehead atoms. The third kappa shape index (κ3) is 2.78. The Kier molecular flexibility index (Phi) is 4.11. The zero-order valence-electron chi connectivity index (χ0n) is 15.2. The Morgan fingerprint density at radius 3 is 2.81 bits per heavy atom. The Morgan fingerprint density at radius 1 is 1.04 bits per heavy atom. The first-order valence-electron chi connectivity index (χ1n) is 10.1. The van der Waals surface area contributed by atoms with Gasteiger partial charge in [-0.2, -0.15) is 9.61 Å². The van der Waals surface area contributed by atoms with Gasteiger partial charge in [0.1, 0.15) is 0 Å². The monoisotopic (exact) mass is 354 g/mol. The van der Waals surface area contributed by atoms with E-state index in [4.69, 9.17) is 5.10 Å².